The van der Waals surface area contributed by atoms with Gasteiger partial charge < -0.3 is 5.32 Å². The third kappa shape index (κ3) is 5.16. The Hall–Kier alpha value is -3.52. The second kappa shape index (κ2) is 9.53. The number of nitrogens with zero attached hydrogens (tertiary/aromatic N) is 3. The van der Waals surface area contributed by atoms with E-state index in [-0.39, 0.29) is 17.5 Å². The molecule has 156 valence electrons. The highest BCUT2D eigenvalue weighted by molar-refractivity contribution is 7.99. The van der Waals surface area contributed by atoms with Crippen LogP contribution in [0.3, 0.4) is 0 Å². The molecule has 1 heterocycles. The van der Waals surface area contributed by atoms with Gasteiger partial charge in [0.1, 0.15) is 11.6 Å². The quantitative estimate of drug-likeness (QED) is 0.414. The fourth-order valence-electron chi connectivity index (χ4n) is 3.01. The molecule has 0 saturated carbocycles. The molecule has 4 aromatic rings. The van der Waals surface area contributed by atoms with Crippen LogP contribution in [0.1, 0.15) is 5.56 Å². The van der Waals surface area contributed by atoms with Crippen LogP contribution < -0.4 is 5.32 Å². The van der Waals surface area contributed by atoms with Crippen molar-refractivity contribution in [3.05, 3.63) is 96.1 Å². The number of rotatable bonds is 7. The molecule has 0 unspecified atom stereocenters. The van der Waals surface area contributed by atoms with Crippen molar-refractivity contribution in [2.24, 2.45) is 0 Å². The van der Waals surface area contributed by atoms with Crippen LogP contribution in [0.2, 0.25) is 0 Å². The number of carbonyl (C=O) groups is 1. The van der Waals surface area contributed by atoms with Crippen LogP contribution in [0, 0.1) is 11.6 Å². The number of aromatic nitrogens is 3. The number of amides is 1. The van der Waals surface area contributed by atoms with Crippen molar-refractivity contribution in [1.82, 2.24) is 14.8 Å². The number of anilines is 1. The Balaban J connectivity index is 1.56. The zero-order valence-electron chi connectivity index (χ0n) is 16.3. The van der Waals surface area contributed by atoms with Gasteiger partial charge in [0.2, 0.25) is 5.91 Å². The van der Waals surface area contributed by atoms with Crippen molar-refractivity contribution in [2.45, 2.75) is 11.7 Å². The lowest BCUT2D eigenvalue weighted by Crippen LogP contribution is -2.15. The van der Waals surface area contributed by atoms with Crippen LogP contribution in [0.4, 0.5) is 14.5 Å². The summed E-state index contributed by atoms with van der Waals surface area (Å²) in [6.45, 7) is 0.430. The summed E-state index contributed by atoms with van der Waals surface area (Å²) < 4.78 is 29.2. The monoisotopic (exact) mass is 436 g/mol. The molecule has 8 heteroatoms. The molecule has 0 bridgehead atoms. The number of benzene rings is 3. The second-order valence-electron chi connectivity index (χ2n) is 6.70. The molecule has 0 radical (unpaired) electrons. The molecule has 1 aromatic heterocycles. The number of thioether (sulfide) groups is 1. The maximum Gasteiger partial charge on any atom is 0.234 e. The van der Waals surface area contributed by atoms with Gasteiger partial charge in [0.25, 0.3) is 0 Å². The van der Waals surface area contributed by atoms with E-state index in [0.717, 1.165) is 5.56 Å². The van der Waals surface area contributed by atoms with Crippen LogP contribution in [-0.4, -0.2) is 26.4 Å². The Labute approximate surface area is 182 Å². The number of carbonyl (C=O) groups excluding carboxylic acids is 1. The molecule has 0 saturated heterocycles. The minimum atomic E-state index is -0.394. The van der Waals surface area contributed by atoms with Gasteiger partial charge in [-0.3, -0.25) is 9.36 Å². The summed E-state index contributed by atoms with van der Waals surface area (Å²) in [5, 5.41) is 11.6. The Morgan fingerprint density at radius 2 is 1.61 bits per heavy atom. The lowest BCUT2D eigenvalue weighted by Gasteiger charge is -2.11. The zero-order valence-corrected chi connectivity index (χ0v) is 17.2. The second-order valence-corrected chi connectivity index (χ2v) is 7.64. The van der Waals surface area contributed by atoms with Gasteiger partial charge in [-0.1, -0.05) is 54.2 Å². The summed E-state index contributed by atoms with van der Waals surface area (Å²) in [4.78, 5) is 12.3. The third-order valence-electron chi connectivity index (χ3n) is 4.48. The van der Waals surface area contributed by atoms with Crippen LogP contribution in [0.15, 0.2) is 84.0 Å². The third-order valence-corrected chi connectivity index (χ3v) is 5.44. The van der Waals surface area contributed by atoms with Gasteiger partial charge in [-0.25, -0.2) is 8.78 Å². The molecule has 0 atom stereocenters. The molecule has 0 spiro atoms. The summed E-state index contributed by atoms with van der Waals surface area (Å²) in [5.74, 6) is -0.569. The molecule has 31 heavy (non-hydrogen) atoms. The number of nitrogens with one attached hydrogen (secondary N) is 1. The molecule has 4 rings (SSSR count). The largest absolute Gasteiger partial charge is 0.325 e. The van der Waals surface area contributed by atoms with Crippen LogP contribution in [0.5, 0.6) is 0 Å². The fraction of sp³-hybridized carbons (Fsp3) is 0.0870. The van der Waals surface area contributed by atoms with E-state index in [1.54, 1.807) is 22.8 Å². The average Bonchev–Trinajstić information content (AvgIpc) is 3.17. The molecule has 1 N–H and O–H groups in total. The van der Waals surface area contributed by atoms with E-state index in [9.17, 15) is 13.6 Å². The Morgan fingerprint density at radius 1 is 0.903 bits per heavy atom. The van der Waals surface area contributed by atoms with Crippen molar-refractivity contribution in [1.29, 1.82) is 0 Å². The van der Waals surface area contributed by atoms with E-state index in [4.69, 9.17) is 0 Å². The van der Waals surface area contributed by atoms with Crippen LogP contribution in [0.25, 0.3) is 11.4 Å². The zero-order chi connectivity index (χ0) is 21.6. The van der Waals surface area contributed by atoms with Gasteiger partial charge in [-0.2, -0.15) is 0 Å². The smallest absolute Gasteiger partial charge is 0.234 e. The molecule has 1 amide bonds. The Kier molecular flexibility index (Phi) is 6.37. The molecule has 0 aliphatic rings. The van der Waals surface area contributed by atoms with Crippen LogP contribution >= 0.6 is 11.8 Å². The Bertz CT molecular complexity index is 1180. The maximum absolute atomic E-state index is 14.4. The first-order chi connectivity index (χ1) is 15.1. The summed E-state index contributed by atoms with van der Waals surface area (Å²) in [6.07, 6.45) is 0. The lowest BCUT2D eigenvalue weighted by molar-refractivity contribution is -0.113. The van der Waals surface area contributed by atoms with E-state index < -0.39 is 5.82 Å². The number of hydrogen-bond acceptors (Lipinski definition) is 4. The Morgan fingerprint density at radius 3 is 2.35 bits per heavy atom. The highest BCUT2D eigenvalue weighted by atomic mass is 32.2. The fourth-order valence-corrected chi connectivity index (χ4v) is 3.74. The van der Waals surface area contributed by atoms with Crippen molar-refractivity contribution >= 4 is 23.4 Å². The normalized spacial score (nSPS) is 10.8. The SMILES string of the molecule is O=C(CSc1nnc(-c2ccccc2F)n1Cc1ccccc1)Nc1ccc(F)cc1. The summed E-state index contributed by atoms with van der Waals surface area (Å²) in [7, 11) is 0. The molecular formula is C23H18F2N4OS. The minimum absolute atomic E-state index is 0.0710. The van der Waals surface area contributed by atoms with Crippen molar-refractivity contribution in [2.75, 3.05) is 11.1 Å². The van der Waals surface area contributed by atoms with Gasteiger partial charge in [0.15, 0.2) is 11.0 Å². The molecule has 0 fully saturated rings. The van der Waals surface area contributed by atoms with Gasteiger partial charge in [0.05, 0.1) is 17.9 Å². The first-order valence-corrected chi connectivity index (χ1v) is 10.5. The molecule has 0 aliphatic carbocycles. The molecule has 0 aliphatic heterocycles. The first kappa shape index (κ1) is 20.7. The number of hydrogen-bond donors (Lipinski definition) is 1. The summed E-state index contributed by atoms with van der Waals surface area (Å²) in [6, 6.07) is 21.6. The van der Waals surface area contributed by atoms with Crippen molar-refractivity contribution < 1.29 is 13.6 Å². The van der Waals surface area contributed by atoms with E-state index >= 15 is 0 Å². The molecular weight excluding hydrogens is 418 g/mol. The molecule has 5 nitrogen and oxygen atoms in total. The van der Waals surface area contributed by atoms with Crippen molar-refractivity contribution in [3.63, 3.8) is 0 Å². The molecule has 3 aromatic carbocycles. The average molecular weight is 436 g/mol. The van der Waals surface area contributed by atoms with Gasteiger partial charge in [0, 0.05) is 5.69 Å². The highest BCUT2D eigenvalue weighted by Crippen LogP contribution is 2.27. The predicted molar refractivity (Wildman–Crippen MR) is 117 cm³/mol. The summed E-state index contributed by atoms with van der Waals surface area (Å²) >= 11 is 1.20. The van der Waals surface area contributed by atoms with Gasteiger partial charge in [-0.15, -0.1) is 10.2 Å². The lowest BCUT2D eigenvalue weighted by atomic mass is 10.2. The number of halogens is 2. The standard InChI is InChI=1S/C23H18F2N4OS/c24-17-10-12-18(13-11-17)26-21(30)15-31-23-28-27-22(19-8-4-5-9-20(19)25)29(23)14-16-6-2-1-3-7-16/h1-13H,14-15H2,(H,26,30). The summed E-state index contributed by atoms with van der Waals surface area (Å²) in [5.41, 5.74) is 1.84. The van der Waals surface area contributed by atoms with E-state index in [0.29, 0.717) is 28.8 Å². The van der Waals surface area contributed by atoms with E-state index in [1.165, 1.54) is 42.1 Å². The van der Waals surface area contributed by atoms with Gasteiger partial charge >= 0.3 is 0 Å². The predicted octanol–water partition coefficient (Wildman–Crippen LogP) is 5.00. The topological polar surface area (TPSA) is 59.8 Å². The van der Waals surface area contributed by atoms with Crippen molar-refractivity contribution in [3.8, 4) is 11.4 Å². The van der Waals surface area contributed by atoms with Gasteiger partial charge in [-0.05, 0) is 42.0 Å². The van der Waals surface area contributed by atoms with E-state index in [2.05, 4.69) is 15.5 Å². The maximum atomic E-state index is 14.4. The van der Waals surface area contributed by atoms with E-state index in [1.807, 2.05) is 30.3 Å². The highest BCUT2D eigenvalue weighted by Gasteiger charge is 2.18. The van der Waals surface area contributed by atoms with Crippen LogP contribution in [-0.2, 0) is 11.3 Å². The first-order valence-electron chi connectivity index (χ1n) is 9.50. The minimum Gasteiger partial charge on any atom is -0.325 e.